The number of nitrogens with one attached hydrogen (secondary N) is 1. The van der Waals surface area contributed by atoms with E-state index in [1.165, 1.54) is 11.8 Å². The Morgan fingerprint density at radius 2 is 1.93 bits per heavy atom. The molecule has 2 amide bonds. The van der Waals surface area contributed by atoms with Crippen molar-refractivity contribution in [2.24, 2.45) is 0 Å². The topological polar surface area (TPSA) is 49.4 Å². The molecule has 0 aliphatic heterocycles. The van der Waals surface area contributed by atoms with Crippen LogP contribution in [0.2, 0.25) is 5.02 Å². The van der Waals surface area contributed by atoms with Crippen LogP contribution in [0.5, 0.6) is 0 Å². The van der Waals surface area contributed by atoms with Crippen LogP contribution in [0.1, 0.15) is 30.0 Å². The van der Waals surface area contributed by atoms with E-state index in [9.17, 15) is 9.59 Å². The van der Waals surface area contributed by atoms with Crippen LogP contribution in [0, 0.1) is 6.92 Å². The molecular formula is C22H27ClN2O2S. The second-order valence-electron chi connectivity index (χ2n) is 6.63. The van der Waals surface area contributed by atoms with E-state index in [0.29, 0.717) is 29.5 Å². The maximum Gasteiger partial charge on any atom is 0.242 e. The molecule has 0 saturated heterocycles. The molecule has 0 spiro atoms. The number of aryl methyl sites for hydroxylation is 1. The van der Waals surface area contributed by atoms with Gasteiger partial charge in [0.05, 0.1) is 5.75 Å². The summed E-state index contributed by atoms with van der Waals surface area (Å²) in [7, 11) is 1.60. The third-order valence-electron chi connectivity index (χ3n) is 4.51. The Labute approximate surface area is 176 Å². The second-order valence-corrected chi connectivity index (χ2v) is 8.03. The van der Waals surface area contributed by atoms with Gasteiger partial charge >= 0.3 is 0 Å². The van der Waals surface area contributed by atoms with Gasteiger partial charge in [0.25, 0.3) is 0 Å². The summed E-state index contributed by atoms with van der Waals surface area (Å²) in [5, 5.41) is 3.39. The summed E-state index contributed by atoms with van der Waals surface area (Å²) in [5.74, 6) is 0.763. The number of rotatable bonds is 9. The van der Waals surface area contributed by atoms with Gasteiger partial charge in [-0.15, -0.1) is 11.8 Å². The lowest BCUT2D eigenvalue weighted by molar-refractivity contribution is -0.139. The molecule has 0 bridgehead atoms. The Bertz CT molecular complexity index is 813. The Kier molecular flexibility index (Phi) is 8.87. The minimum atomic E-state index is -0.487. The molecule has 0 aliphatic rings. The van der Waals surface area contributed by atoms with Crippen LogP contribution >= 0.6 is 23.4 Å². The molecule has 0 aromatic heterocycles. The molecule has 1 unspecified atom stereocenters. The van der Waals surface area contributed by atoms with E-state index >= 15 is 0 Å². The van der Waals surface area contributed by atoms with Gasteiger partial charge in [-0.2, -0.15) is 0 Å². The zero-order valence-corrected chi connectivity index (χ0v) is 18.1. The van der Waals surface area contributed by atoms with E-state index in [1.807, 2.05) is 62.4 Å². The molecule has 0 aliphatic carbocycles. The van der Waals surface area contributed by atoms with Gasteiger partial charge in [0.1, 0.15) is 6.04 Å². The fraction of sp³-hybridized carbons (Fsp3) is 0.364. The summed E-state index contributed by atoms with van der Waals surface area (Å²) < 4.78 is 0. The predicted octanol–water partition coefficient (Wildman–Crippen LogP) is 4.44. The Morgan fingerprint density at radius 3 is 2.57 bits per heavy atom. The van der Waals surface area contributed by atoms with E-state index in [1.54, 1.807) is 11.9 Å². The van der Waals surface area contributed by atoms with Gasteiger partial charge in [0.2, 0.25) is 11.8 Å². The molecule has 0 radical (unpaired) electrons. The summed E-state index contributed by atoms with van der Waals surface area (Å²) >= 11 is 7.71. The van der Waals surface area contributed by atoms with Crippen LogP contribution in [0.25, 0.3) is 0 Å². The molecule has 2 rings (SSSR count). The minimum Gasteiger partial charge on any atom is -0.357 e. The van der Waals surface area contributed by atoms with Crippen molar-refractivity contribution in [3.8, 4) is 0 Å². The molecule has 6 heteroatoms. The summed E-state index contributed by atoms with van der Waals surface area (Å²) in [6, 6.07) is 15.2. The van der Waals surface area contributed by atoms with Gasteiger partial charge in [-0.3, -0.25) is 9.59 Å². The highest BCUT2D eigenvalue weighted by molar-refractivity contribution is 7.99. The fourth-order valence-corrected chi connectivity index (χ4v) is 4.24. The molecule has 0 heterocycles. The Hall–Kier alpha value is -1.98. The monoisotopic (exact) mass is 418 g/mol. The number of nitrogens with zero attached hydrogens (tertiary/aromatic N) is 1. The first kappa shape index (κ1) is 22.3. The van der Waals surface area contributed by atoms with Crippen molar-refractivity contribution in [1.82, 2.24) is 10.2 Å². The number of thioether (sulfide) groups is 1. The van der Waals surface area contributed by atoms with Crippen LogP contribution in [-0.4, -0.2) is 35.6 Å². The number of carbonyl (C=O) groups excluding carboxylic acids is 2. The van der Waals surface area contributed by atoms with Gasteiger partial charge in [-0.05, 0) is 30.5 Å². The minimum absolute atomic E-state index is 0.0472. The molecular weight excluding hydrogens is 392 g/mol. The van der Waals surface area contributed by atoms with Crippen LogP contribution in [-0.2, 0) is 21.9 Å². The lowest BCUT2D eigenvalue weighted by atomic mass is 10.1. The smallest absolute Gasteiger partial charge is 0.242 e. The second kappa shape index (κ2) is 11.1. The van der Waals surface area contributed by atoms with Gasteiger partial charge in [-0.25, -0.2) is 0 Å². The van der Waals surface area contributed by atoms with Gasteiger partial charge in [0, 0.05) is 24.4 Å². The quantitative estimate of drug-likeness (QED) is 0.655. The number of likely N-dealkylation sites (N-methyl/N-ethyl adjacent to an activating group) is 1. The zero-order chi connectivity index (χ0) is 20.5. The third kappa shape index (κ3) is 6.28. The Balaban J connectivity index is 2.11. The summed E-state index contributed by atoms with van der Waals surface area (Å²) in [5.41, 5.74) is 3.16. The van der Waals surface area contributed by atoms with Gasteiger partial charge < -0.3 is 10.2 Å². The number of hydrogen-bond donors (Lipinski definition) is 1. The van der Waals surface area contributed by atoms with E-state index in [-0.39, 0.29) is 11.8 Å². The zero-order valence-electron chi connectivity index (χ0n) is 16.6. The maximum absolute atomic E-state index is 13.0. The summed E-state index contributed by atoms with van der Waals surface area (Å²) in [6.45, 7) is 4.36. The SMILES string of the molecule is CCC(C(=O)NC)N(Cc1cccc(C)c1)C(=O)CSCc1ccccc1Cl. The summed E-state index contributed by atoms with van der Waals surface area (Å²) in [6.07, 6.45) is 0.562. The van der Waals surface area contributed by atoms with E-state index < -0.39 is 6.04 Å². The molecule has 1 atom stereocenters. The maximum atomic E-state index is 13.0. The van der Waals surface area contributed by atoms with Crippen molar-refractivity contribution >= 4 is 35.2 Å². The van der Waals surface area contributed by atoms with Gasteiger partial charge in [-0.1, -0.05) is 66.6 Å². The first-order chi connectivity index (χ1) is 13.5. The number of hydrogen-bond acceptors (Lipinski definition) is 3. The van der Waals surface area contributed by atoms with Crippen LogP contribution in [0.4, 0.5) is 0 Å². The molecule has 4 nitrogen and oxygen atoms in total. The third-order valence-corrected chi connectivity index (χ3v) is 5.84. The highest BCUT2D eigenvalue weighted by Crippen LogP contribution is 2.22. The fourth-order valence-electron chi connectivity index (χ4n) is 3.04. The molecule has 150 valence electrons. The molecule has 0 fully saturated rings. The van der Waals surface area contributed by atoms with Crippen molar-refractivity contribution in [1.29, 1.82) is 0 Å². The molecule has 2 aromatic carbocycles. The van der Waals surface area contributed by atoms with E-state index in [0.717, 1.165) is 16.7 Å². The Morgan fingerprint density at radius 1 is 1.18 bits per heavy atom. The lowest BCUT2D eigenvalue weighted by Crippen LogP contribution is -2.48. The van der Waals surface area contributed by atoms with Crippen molar-refractivity contribution in [2.45, 2.75) is 38.6 Å². The average Bonchev–Trinajstić information content (AvgIpc) is 2.69. The van der Waals surface area contributed by atoms with Crippen LogP contribution in [0.15, 0.2) is 48.5 Å². The highest BCUT2D eigenvalue weighted by Gasteiger charge is 2.27. The number of carbonyl (C=O) groups is 2. The predicted molar refractivity (Wildman–Crippen MR) is 117 cm³/mol. The average molecular weight is 419 g/mol. The first-order valence-corrected chi connectivity index (χ1v) is 10.9. The highest BCUT2D eigenvalue weighted by atomic mass is 35.5. The largest absolute Gasteiger partial charge is 0.357 e. The van der Waals surface area contributed by atoms with E-state index in [4.69, 9.17) is 11.6 Å². The number of amides is 2. The van der Waals surface area contributed by atoms with Crippen LogP contribution < -0.4 is 5.32 Å². The molecule has 1 N–H and O–H groups in total. The normalized spacial score (nSPS) is 11.7. The van der Waals surface area contributed by atoms with E-state index in [2.05, 4.69) is 5.32 Å². The number of halogens is 1. The summed E-state index contributed by atoms with van der Waals surface area (Å²) in [4.78, 5) is 27.1. The molecule has 0 saturated carbocycles. The molecule has 2 aromatic rings. The van der Waals surface area contributed by atoms with Crippen molar-refractivity contribution in [2.75, 3.05) is 12.8 Å². The van der Waals surface area contributed by atoms with Crippen LogP contribution in [0.3, 0.4) is 0 Å². The van der Waals surface area contributed by atoms with Gasteiger partial charge in [0.15, 0.2) is 0 Å². The van der Waals surface area contributed by atoms with Crippen molar-refractivity contribution in [3.63, 3.8) is 0 Å². The van der Waals surface area contributed by atoms with Crippen molar-refractivity contribution in [3.05, 3.63) is 70.2 Å². The standard InChI is InChI=1S/C22H27ClN2O2S/c1-4-20(22(27)24-3)25(13-17-9-7-8-16(2)12-17)21(26)15-28-14-18-10-5-6-11-19(18)23/h5-12,20H,4,13-15H2,1-3H3,(H,24,27). The lowest BCUT2D eigenvalue weighted by Gasteiger charge is -2.30. The van der Waals surface area contributed by atoms with Crippen molar-refractivity contribution < 1.29 is 9.59 Å². The number of benzene rings is 2. The first-order valence-electron chi connectivity index (χ1n) is 9.34. The molecule has 28 heavy (non-hydrogen) atoms.